The predicted octanol–water partition coefficient (Wildman–Crippen LogP) is 6.17. The van der Waals surface area contributed by atoms with E-state index in [9.17, 15) is 18.0 Å². The Kier molecular flexibility index (Phi) is 10.2. The summed E-state index contributed by atoms with van der Waals surface area (Å²) in [4.78, 5) is 30.4. The number of aromatic nitrogens is 2. The number of piperidine rings is 1. The first-order valence-corrected chi connectivity index (χ1v) is 17.5. The zero-order chi connectivity index (χ0) is 33.2. The highest BCUT2D eigenvalue weighted by molar-refractivity contribution is 5.76. The molecule has 2 N–H and O–H groups in total. The predicted molar refractivity (Wildman–Crippen MR) is 180 cm³/mol. The number of carbonyl (C=O) groups excluding carboxylic acids is 1. The van der Waals surface area contributed by atoms with Crippen molar-refractivity contribution in [3.05, 3.63) is 35.5 Å². The minimum absolute atomic E-state index is 0.118. The lowest BCUT2D eigenvalue weighted by molar-refractivity contribution is -0.137. The number of alkyl halides is 3. The molecule has 6 rings (SSSR count). The average molecular weight is 657 g/mol. The van der Waals surface area contributed by atoms with Gasteiger partial charge in [0.25, 0.3) is 0 Å². The van der Waals surface area contributed by atoms with Crippen molar-refractivity contribution in [2.75, 3.05) is 81.5 Å². The molecule has 3 aliphatic heterocycles. The molecule has 3 saturated heterocycles. The van der Waals surface area contributed by atoms with Crippen LogP contribution in [0, 0.1) is 5.41 Å². The van der Waals surface area contributed by atoms with Crippen LogP contribution in [0.3, 0.4) is 0 Å². The van der Waals surface area contributed by atoms with Gasteiger partial charge < -0.3 is 25.3 Å². The highest BCUT2D eigenvalue weighted by Crippen LogP contribution is 2.45. The molecule has 12 heteroatoms. The number of benzene rings is 1. The van der Waals surface area contributed by atoms with Gasteiger partial charge in [-0.05, 0) is 80.7 Å². The van der Waals surface area contributed by atoms with Gasteiger partial charge in [-0.3, -0.25) is 9.69 Å². The quantitative estimate of drug-likeness (QED) is 0.314. The molecule has 1 amide bonds. The minimum atomic E-state index is -4.61. The second-order valence-electron chi connectivity index (χ2n) is 14.8. The number of nitrogens with one attached hydrogen (secondary N) is 2. The Bertz CT molecular complexity index is 1380. The van der Waals surface area contributed by atoms with Crippen molar-refractivity contribution in [1.29, 1.82) is 0 Å². The molecule has 1 aromatic carbocycles. The number of carbonyl (C=O) groups is 1. The Morgan fingerprint density at radius 3 is 2.38 bits per heavy atom. The molecule has 258 valence electrons. The van der Waals surface area contributed by atoms with Crippen molar-refractivity contribution in [1.82, 2.24) is 24.7 Å². The van der Waals surface area contributed by atoms with Crippen LogP contribution in [-0.2, 0) is 11.0 Å². The Morgan fingerprint density at radius 2 is 1.68 bits per heavy atom. The number of anilines is 4. The summed E-state index contributed by atoms with van der Waals surface area (Å²) in [5.74, 6) is 0.421. The van der Waals surface area contributed by atoms with Gasteiger partial charge in [0.15, 0.2) is 0 Å². The van der Waals surface area contributed by atoms with Crippen molar-refractivity contribution in [3.63, 3.8) is 0 Å². The maximum atomic E-state index is 14.0. The molecule has 0 unspecified atom stereocenters. The van der Waals surface area contributed by atoms with E-state index in [2.05, 4.69) is 54.5 Å². The van der Waals surface area contributed by atoms with Gasteiger partial charge in [0.1, 0.15) is 11.4 Å². The number of hydrogen-bond donors (Lipinski definition) is 2. The minimum Gasteiger partial charge on any atom is -0.371 e. The fourth-order valence-electron chi connectivity index (χ4n) is 7.28. The Labute approximate surface area is 277 Å². The zero-order valence-corrected chi connectivity index (χ0v) is 28.2. The van der Waals surface area contributed by atoms with Gasteiger partial charge in [0.2, 0.25) is 11.9 Å². The molecular formula is C35H51F3N8O. The zero-order valence-electron chi connectivity index (χ0n) is 28.2. The van der Waals surface area contributed by atoms with Gasteiger partial charge in [0, 0.05) is 88.9 Å². The van der Waals surface area contributed by atoms with Gasteiger partial charge >= 0.3 is 6.18 Å². The van der Waals surface area contributed by atoms with E-state index in [1.54, 1.807) is 0 Å². The molecule has 4 heterocycles. The van der Waals surface area contributed by atoms with E-state index in [0.717, 1.165) is 96.1 Å². The molecule has 2 aromatic rings. The molecule has 1 aromatic heterocycles. The van der Waals surface area contributed by atoms with E-state index in [-0.39, 0.29) is 24.2 Å². The topological polar surface area (TPSA) is 79.9 Å². The van der Waals surface area contributed by atoms with E-state index in [1.807, 2.05) is 24.8 Å². The summed E-state index contributed by atoms with van der Waals surface area (Å²) >= 11 is 0. The Balaban J connectivity index is 1.13. The smallest absolute Gasteiger partial charge is 0.371 e. The number of likely N-dealkylation sites (N-methyl/N-ethyl adjacent to an activating group) is 1. The summed E-state index contributed by atoms with van der Waals surface area (Å²) < 4.78 is 42.1. The summed E-state index contributed by atoms with van der Waals surface area (Å²) in [6.45, 7) is 11.9. The van der Waals surface area contributed by atoms with Crippen molar-refractivity contribution < 1.29 is 18.0 Å². The van der Waals surface area contributed by atoms with Crippen LogP contribution in [0.5, 0.6) is 0 Å². The van der Waals surface area contributed by atoms with Gasteiger partial charge in [-0.15, -0.1) is 0 Å². The third-order valence-corrected chi connectivity index (χ3v) is 10.3. The summed E-state index contributed by atoms with van der Waals surface area (Å²) in [7, 11) is 2.19. The molecule has 47 heavy (non-hydrogen) atoms. The maximum absolute atomic E-state index is 14.0. The number of nitrogens with zero attached hydrogens (tertiary/aromatic N) is 6. The highest BCUT2D eigenvalue weighted by atomic mass is 19.4. The molecule has 0 radical (unpaired) electrons. The number of piperazine rings is 1. The van der Waals surface area contributed by atoms with Crippen LogP contribution >= 0.6 is 0 Å². The van der Waals surface area contributed by atoms with Crippen LogP contribution in [0.25, 0.3) is 0 Å². The first-order valence-electron chi connectivity index (χ1n) is 17.5. The summed E-state index contributed by atoms with van der Waals surface area (Å²) in [5.41, 5.74) is 1.85. The maximum Gasteiger partial charge on any atom is 0.421 e. The lowest BCUT2D eigenvalue weighted by atomic mass is 9.92. The fourth-order valence-corrected chi connectivity index (χ4v) is 7.28. The third kappa shape index (κ3) is 8.68. The highest BCUT2D eigenvalue weighted by Gasteiger charge is 2.36. The molecule has 0 spiro atoms. The van der Waals surface area contributed by atoms with E-state index in [0.29, 0.717) is 31.5 Å². The first kappa shape index (κ1) is 33.8. The van der Waals surface area contributed by atoms with Gasteiger partial charge in [0.05, 0.1) is 0 Å². The fraction of sp³-hybridized carbons (Fsp3) is 0.686. The molecule has 1 saturated carbocycles. The van der Waals surface area contributed by atoms with E-state index < -0.39 is 17.2 Å². The van der Waals surface area contributed by atoms with Crippen LogP contribution in [-0.4, -0.2) is 103 Å². The molecule has 1 aliphatic carbocycles. The van der Waals surface area contributed by atoms with Crippen LogP contribution in [0.15, 0.2) is 24.4 Å². The summed E-state index contributed by atoms with van der Waals surface area (Å²) in [5, 5.41) is 6.24. The lowest BCUT2D eigenvalue weighted by Crippen LogP contribution is -2.52. The summed E-state index contributed by atoms with van der Waals surface area (Å²) in [6.07, 6.45) is 4.15. The molecule has 0 bridgehead atoms. The number of hydrogen-bond acceptors (Lipinski definition) is 8. The largest absolute Gasteiger partial charge is 0.421 e. The lowest BCUT2D eigenvalue weighted by Gasteiger charge is -2.42. The SMILES string of the molecule is CN1CCN(C2CCN(c3ccc(Nc4ncc(C(F)(F)F)c(NCC(C)(C)CN5CCCCCC5=O)n4)c(C4CC4)c3)CC2)CC1. The van der Waals surface area contributed by atoms with E-state index >= 15 is 0 Å². The molecular weight excluding hydrogens is 605 g/mol. The number of likely N-dealkylation sites (tertiary alicyclic amines) is 1. The number of halogens is 3. The Hall–Kier alpha value is -3.12. The van der Waals surface area contributed by atoms with Gasteiger partial charge in [-0.1, -0.05) is 20.3 Å². The normalized spacial score (nSPS) is 21.2. The second kappa shape index (κ2) is 14.2. The number of amides is 1. The monoisotopic (exact) mass is 656 g/mol. The van der Waals surface area contributed by atoms with Crippen LogP contribution in [0.4, 0.5) is 36.3 Å². The summed E-state index contributed by atoms with van der Waals surface area (Å²) in [6, 6.07) is 7.04. The van der Waals surface area contributed by atoms with Gasteiger partial charge in [-0.25, -0.2) is 4.98 Å². The van der Waals surface area contributed by atoms with Crippen LogP contribution in [0.2, 0.25) is 0 Å². The molecule has 4 fully saturated rings. The van der Waals surface area contributed by atoms with Crippen molar-refractivity contribution in [2.24, 2.45) is 5.41 Å². The van der Waals surface area contributed by atoms with Crippen molar-refractivity contribution >= 4 is 29.0 Å². The molecule has 0 atom stereocenters. The second-order valence-corrected chi connectivity index (χ2v) is 14.8. The van der Waals surface area contributed by atoms with E-state index in [4.69, 9.17) is 0 Å². The van der Waals surface area contributed by atoms with Crippen molar-refractivity contribution in [2.45, 2.75) is 83.4 Å². The molecule has 4 aliphatic rings. The van der Waals surface area contributed by atoms with Crippen LogP contribution < -0.4 is 15.5 Å². The van der Waals surface area contributed by atoms with Crippen LogP contribution in [0.1, 0.15) is 82.3 Å². The molecule has 9 nitrogen and oxygen atoms in total. The third-order valence-electron chi connectivity index (χ3n) is 10.3. The van der Waals surface area contributed by atoms with Crippen molar-refractivity contribution in [3.8, 4) is 0 Å². The standard InChI is InChI=1S/C35H51F3N8O/c1-34(2,24-46-14-6-4-5-7-31(46)47)23-40-32-29(35(36,37)38)22-39-33(42-32)41-30-11-10-27(21-28(30)25-8-9-25)44-15-12-26(13-16-44)45-19-17-43(3)18-20-45/h10-11,21-22,25-26H,4-9,12-20,23-24H2,1-3H3,(H2,39,40,41,42). The first-order chi connectivity index (χ1) is 22.4. The van der Waals surface area contributed by atoms with Gasteiger partial charge in [-0.2, -0.15) is 18.2 Å². The van der Waals surface area contributed by atoms with E-state index in [1.165, 1.54) is 11.3 Å². The number of rotatable bonds is 10. The Morgan fingerprint density at radius 1 is 0.936 bits per heavy atom. The average Bonchev–Trinajstić information content (AvgIpc) is 3.90.